The summed E-state index contributed by atoms with van der Waals surface area (Å²) in [7, 11) is 0. The normalized spacial score (nSPS) is 16.6. The minimum absolute atomic E-state index is 0.525. The van der Waals surface area contributed by atoms with Crippen molar-refractivity contribution in [3.8, 4) is 0 Å². The Morgan fingerprint density at radius 2 is 2.00 bits per heavy atom. The SMILES string of the molecule is NCc1cnc(N2CCCOCC2)c2ccccc12. The maximum atomic E-state index is 5.80. The molecule has 1 aliphatic rings. The third-order valence-corrected chi connectivity index (χ3v) is 3.60. The molecule has 0 radical (unpaired) electrons. The molecule has 0 atom stereocenters. The number of hydrogen-bond acceptors (Lipinski definition) is 4. The Labute approximate surface area is 113 Å². The predicted molar refractivity (Wildman–Crippen MR) is 77.3 cm³/mol. The Bertz CT molecular complexity index is 562. The number of anilines is 1. The van der Waals surface area contributed by atoms with Crippen molar-refractivity contribution in [1.82, 2.24) is 4.98 Å². The third kappa shape index (κ3) is 2.41. The summed E-state index contributed by atoms with van der Waals surface area (Å²) in [6.07, 6.45) is 2.96. The van der Waals surface area contributed by atoms with E-state index < -0.39 is 0 Å². The van der Waals surface area contributed by atoms with Crippen LogP contribution in [0.15, 0.2) is 30.5 Å². The summed E-state index contributed by atoms with van der Waals surface area (Å²) in [5.41, 5.74) is 6.90. The van der Waals surface area contributed by atoms with Gasteiger partial charge in [-0.1, -0.05) is 24.3 Å². The van der Waals surface area contributed by atoms with E-state index in [0.29, 0.717) is 6.54 Å². The van der Waals surface area contributed by atoms with Crippen LogP contribution >= 0.6 is 0 Å². The van der Waals surface area contributed by atoms with Crippen LogP contribution in [0, 0.1) is 0 Å². The maximum absolute atomic E-state index is 5.80. The van der Waals surface area contributed by atoms with Gasteiger partial charge >= 0.3 is 0 Å². The predicted octanol–water partition coefficient (Wildman–Crippen LogP) is 1.92. The van der Waals surface area contributed by atoms with Gasteiger partial charge in [0.25, 0.3) is 0 Å². The van der Waals surface area contributed by atoms with Crippen molar-refractivity contribution in [2.45, 2.75) is 13.0 Å². The summed E-state index contributed by atoms with van der Waals surface area (Å²) in [4.78, 5) is 6.95. The number of benzene rings is 1. The van der Waals surface area contributed by atoms with Crippen molar-refractivity contribution < 1.29 is 4.74 Å². The second-order valence-corrected chi connectivity index (χ2v) is 4.81. The number of ether oxygens (including phenoxy) is 1. The minimum atomic E-state index is 0.525. The van der Waals surface area contributed by atoms with Crippen molar-refractivity contribution in [1.29, 1.82) is 0 Å². The zero-order valence-corrected chi connectivity index (χ0v) is 11.0. The molecule has 2 aromatic rings. The highest BCUT2D eigenvalue weighted by Gasteiger charge is 2.15. The summed E-state index contributed by atoms with van der Waals surface area (Å²) in [5, 5.41) is 2.40. The first-order valence-corrected chi connectivity index (χ1v) is 6.79. The molecule has 4 nitrogen and oxygen atoms in total. The molecule has 0 unspecified atom stereocenters. The van der Waals surface area contributed by atoms with Gasteiger partial charge in [-0.05, 0) is 17.4 Å². The van der Waals surface area contributed by atoms with Crippen molar-refractivity contribution in [2.75, 3.05) is 31.2 Å². The van der Waals surface area contributed by atoms with Crippen molar-refractivity contribution in [3.05, 3.63) is 36.0 Å². The zero-order valence-electron chi connectivity index (χ0n) is 11.0. The van der Waals surface area contributed by atoms with Gasteiger partial charge in [0.1, 0.15) is 5.82 Å². The first-order chi connectivity index (χ1) is 9.40. The number of nitrogens with zero attached hydrogens (tertiary/aromatic N) is 2. The van der Waals surface area contributed by atoms with E-state index in [-0.39, 0.29) is 0 Å². The van der Waals surface area contributed by atoms with Crippen LogP contribution in [-0.2, 0) is 11.3 Å². The molecule has 2 N–H and O–H groups in total. The molecule has 0 aliphatic carbocycles. The van der Waals surface area contributed by atoms with E-state index in [1.165, 1.54) is 10.8 Å². The number of fused-ring (bicyclic) bond motifs is 1. The van der Waals surface area contributed by atoms with Crippen molar-refractivity contribution in [3.63, 3.8) is 0 Å². The molecule has 0 bridgehead atoms. The monoisotopic (exact) mass is 257 g/mol. The second-order valence-electron chi connectivity index (χ2n) is 4.81. The van der Waals surface area contributed by atoms with E-state index in [1.807, 2.05) is 6.20 Å². The standard InChI is InChI=1S/C15H19N3O/c16-10-12-11-17-15(14-5-2-1-4-13(12)14)18-6-3-8-19-9-7-18/h1-2,4-5,11H,3,6-10,16H2. The van der Waals surface area contributed by atoms with Crippen molar-refractivity contribution >= 4 is 16.6 Å². The minimum Gasteiger partial charge on any atom is -0.380 e. The molecule has 0 saturated carbocycles. The van der Waals surface area contributed by atoms with Gasteiger partial charge in [0, 0.05) is 37.8 Å². The highest BCUT2D eigenvalue weighted by atomic mass is 16.5. The Balaban J connectivity index is 2.08. The van der Waals surface area contributed by atoms with Crippen LogP contribution in [-0.4, -0.2) is 31.3 Å². The third-order valence-electron chi connectivity index (χ3n) is 3.60. The van der Waals surface area contributed by atoms with Gasteiger partial charge in [-0.2, -0.15) is 0 Å². The van der Waals surface area contributed by atoms with Gasteiger partial charge < -0.3 is 15.4 Å². The Hall–Kier alpha value is -1.65. The topological polar surface area (TPSA) is 51.4 Å². The molecule has 0 spiro atoms. The lowest BCUT2D eigenvalue weighted by Crippen LogP contribution is -2.27. The zero-order chi connectivity index (χ0) is 13.1. The van der Waals surface area contributed by atoms with Crippen LogP contribution in [0.3, 0.4) is 0 Å². The lowest BCUT2D eigenvalue weighted by atomic mass is 10.1. The average molecular weight is 257 g/mol. The average Bonchev–Trinajstić information content (AvgIpc) is 2.75. The molecule has 1 aliphatic heterocycles. The summed E-state index contributed by atoms with van der Waals surface area (Å²) in [5.74, 6) is 1.05. The van der Waals surface area contributed by atoms with E-state index in [1.54, 1.807) is 0 Å². The molecular formula is C15H19N3O. The second kappa shape index (κ2) is 5.55. The van der Waals surface area contributed by atoms with Gasteiger partial charge in [-0.15, -0.1) is 0 Å². The van der Waals surface area contributed by atoms with Crippen LogP contribution in [0.25, 0.3) is 10.8 Å². The molecule has 1 fully saturated rings. The van der Waals surface area contributed by atoms with Gasteiger partial charge in [0.2, 0.25) is 0 Å². The summed E-state index contributed by atoms with van der Waals surface area (Å²) in [6.45, 7) is 4.04. The fourth-order valence-corrected chi connectivity index (χ4v) is 2.61. The lowest BCUT2D eigenvalue weighted by molar-refractivity contribution is 0.152. The number of aromatic nitrogens is 1. The van der Waals surface area contributed by atoms with Crippen LogP contribution in [0.5, 0.6) is 0 Å². The largest absolute Gasteiger partial charge is 0.380 e. The molecule has 3 rings (SSSR count). The Morgan fingerprint density at radius 3 is 2.84 bits per heavy atom. The first-order valence-electron chi connectivity index (χ1n) is 6.79. The van der Waals surface area contributed by atoms with E-state index in [9.17, 15) is 0 Å². The maximum Gasteiger partial charge on any atom is 0.136 e. The molecule has 2 heterocycles. The fraction of sp³-hybridized carbons (Fsp3) is 0.400. The summed E-state index contributed by atoms with van der Waals surface area (Å²) in [6, 6.07) is 8.36. The van der Waals surface area contributed by atoms with Gasteiger partial charge in [0.05, 0.1) is 6.61 Å². The van der Waals surface area contributed by atoms with Gasteiger partial charge in [-0.25, -0.2) is 4.98 Å². The number of pyridine rings is 1. The van der Waals surface area contributed by atoms with E-state index in [4.69, 9.17) is 10.5 Å². The highest BCUT2D eigenvalue weighted by Crippen LogP contribution is 2.27. The van der Waals surface area contributed by atoms with E-state index in [2.05, 4.69) is 34.1 Å². The number of nitrogens with two attached hydrogens (primary N) is 1. The van der Waals surface area contributed by atoms with Gasteiger partial charge in [0.15, 0.2) is 0 Å². The summed E-state index contributed by atoms with van der Waals surface area (Å²) < 4.78 is 5.51. The highest BCUT2D eigenvalue weighted by molar-refractivity contribution is 5.94. The molecule has 0 amide bonds. The van der Waals surface area contributed by atoms with E-state index >= 15 is 0 Å². The Kier molecular flexibility index (Phi) is 3.62. The van der Waals surface area contributed by atoms with Crippen LogP contribution in [0.4, 0.5) is 5.82 Å². The van der Waals surface area contributed by atoms with Crippen LogP contribution in [0.2, 0.25) is 0 Å². The van der Waals surface area contributed by atoms with E-state index in [0.717, 1.165) is 44.1 Å². The quantitative estimate of drug-likeness (QED) is 0.893. The molecule has 100 valence electrons. The first kappa shape index (κ1) is 12.4. The summed E-state index contributed by atoms with van der Waals surface area (Å²) >= 11 is 0. The Morgan fingerprint density at radius 1 is 1.16 bits per heavy atom. The molecule has 1 aromatic carbocycles. The van der Waals surface area contributed by atoms with Crippen LogP contribution in [0.1, 0.15) is 12.0 Å². The lowest BCUT2D eigenvalue weighted by Gasteiger charge is -2.23. The van der Waals surface area contributed by atoms with Crippen LogP contribution < -0.4 is 10.6 Å². The van der Waals surface area contributed by atoms with Gasteiger partial charge in [-0.3, -0.25) is 0 Å². The molecule has 4 heteroatoms. The molecular weight excluding hydrogens is 238 g/mol. The fourth-order valence-electron chi connectivity index (χ4n) is 2.61. The molecule has 1 aromatic heterocycles. The molecule has 19 heavy (non-hydrogen) atoms. The number of rotatable bonds is 2. The molecule has 1 saturated heterocycles. The number of hydrogen-bond donors (Lipinski definition) is 1. The smallest absolute Gasteiger partial charge is 0.136 e. The van der Waals surface area contributed by atoms with Crippen molar-refractivity contribution in [2.24, 2.45) is 5.73 Å².